The Kier molecular flexibility index (Phi) is 6.73. The van der Waals surface area contributed by atoms with Gasteiger partial charge in [0.2, 0.25) is 5.91 Å². The lowest BCUT2D eigenvalue weighted by Crippen LogP contribution is -2.46. The minimum Gasteiger partial charge on any atom is -0.368 e. The van der Waals surface area contributed by atoms with E-state index in [0.717, 1.165) is 54.3 Å². The fourth-order valence-electron chi connectivity index (χ4n) is 3.82. The number of nitrogens with one attached hydrogen (secondary N) is 1. The Hall–Kier alpha value is -3.76. The molecule has 3 heterocycles. The van der Waals surface area contributed by atoms with E-state index in [4.69, 9.17) is 5.26 Å². The molecule has 1 aliphatic rings. The van der Waals surface area contributed by atoms with Crippen LogP contribution in [0.3, 0.4) is 0 Å². The third-order valence-electron chi connectivity index (χ3n) is 5.60. The average Bonchev–Trinajstić information content (AvgIpc) is 2.81. The van der Waals surface area contributed by atoms with Crippen molar-refractivity contribution in [1.82, 2.24) is 14.9 Å². The number of rotatable bonds is 6. The summed E-state index contributed by atoms with van der Waals surface area (Å²) in [4.78, 5) is 25.5. The van der Waals surface area contributed by atoms with E-state index in [1.54, 1.807) is 12.4 Å². The van der Waals surface area contributed by atoms with Crippen LogP contribution >= 0.6 is 0 Å². The van der Waals surface area contributed by atoms with Gasteiger partial charge >= 0.3 is 0 Å². The number of carbonyl (C=O) groups excluding carboxylic acids is 1. The fourth-order valence-corrected chi connectivity index (χ4v) is 3.82. The van der Waals surface area contributed by atoms with Crippen LogP contribution in [-0.2, 0) is 11.2 Å². The molecule has 2 aromatic heterocycles. The standard InChI is InChI=1S/C25H26N6O/c1-19-16-22(8-10-27-19)21-4-2-20(3-5-21)17-25(32)29-24-7-6-23(18-28-24)31-14-12-30(11-9-26)13-15-31/h2-8,10,16,18H,11-15,17H2,1H3,(H,28,29,32). The highest BCUT2D eigenvalue weighted by Crippen LogP contribution is 2.21. The summed E-state index contributed by atoms with van der Waals surface area (Å²) in [7, 11) is 0. The maximum absolute atomic E-state index is 12.5. The van der Waals surface area contributed by atoms with E-state index in [1.165, 1.54) is 0 Å². The van der Waals surface area contributed by atoms with Crippen LogP contribution in [0.1, 0.15) is 11.3 Å². The first-order chi connectivity index (χ1) is 15.6. The number of benzene rings is 1. The van der Waals surface area contributed by atoms with Crippen molar-refractivity contribution in [1.29, 1.82) is 5.26 Å². The maximum atomic E-state index is 12.5. The van der Waals surface area contributed by atoms with E-state index in [9.17, 15) is 4.79 Å². The lowest BCUT2D eigenvalue weighted by atomic mass is 10.0. The number of pyridine rings is 2. The molecule has 0 atom stereocenters. The van der Waals surface area contributed by atoms with E-state index in [0.29, 0.717) is 18.8 Å². The second-order valence-corrected chi connectivity index (χ2v) is 7.93. The van der Waals surface area contributed by atoms with Crippen molar-refractivity contribution in [2.24, 2.45) is 0 Å². The zero-order chi connectivity index (χ0) is 22.3. The molecule has 3 aromatic rings. The molecule has 1 aliphatic heterocycles. The number of hydrogen-bond acceptors (Lipinski definition) is 6. The van der Waals surface area contributed by atoms with Crippen molar-refractivity contribution in [3.63, 3.8) is 0 Å². The predicted octanol–water partition coefficient (Wildman–Crippen LogP) is 3.28. The summed E-state index contributed by atoms with van der Waals surface area (Å²) in [5.41, 5.74) is 5.17. The van der Waals surface area contributed by atoms with E-state index < -0.39 is 0 Å². The average molecular weight is 427 g/mol. The van der Waals surface area contributed by atoms with Crippen molar-refractivity contribution in [3.05, 3.63) is 72.2 Å². The molecule has 0 saturated carbocycles. The SMILES string of the molecule is Cc1cc(-c2ccc(CC(=O)Nc3ccc(N4CCN(CC#N)CC4)cn3)cc2)ccn1. The van der Waals surface area contributed by atoms with E-state index in [2.05, 4.69) is 31.2 Å². The predicted molar refractivity (Wildman–Crippen MR) is 125 cm³/mol. The Bertz CT molecular complexity index is 1100. The Morgan fingerprint density at radius 1 is 1.03 bits per heavy atom. The van der Waals surface area contributed by atoms with Gasteiger partial charge in [-0.2, -0.15) is 5.26 Å². The van der Waals surface area contributed by atoms with Gasteiger partial charge < -0.3 is 10.2 Å². The molecule has 162 valence electrons. The van der Waals surface area contributed by atoms with Crippen molar-refractivity contribution < 1.29 is 4.79 Å². The summed E-state index contributed by atoms with van der Waals surface area (Å²) in [6.07, 6.45) is 3.89. The van der Waals surface area contributed by atoms with Gasteiger partial charge in [-0.05, 0) is 47.9 Å². The molecule has 0 aliphatic carbocycles. The molecule has 7 heteroatoms. The number of nitriles is 1. The molecule has 32 heavy (non-hydrogen) atoms. The first kappa shape index (κ1) is 21.5. The number of amides is 1. The van der Waals surface area contributed by atoms with E-state index in [-0.39, 0.29) is 5.91 Å². The third kappa shape index (κ3) is 5.48. The number of aromatic nitrogens is 2. The molecule has 1 N–H and O–H groups in total. The third-order valence-corrected chi connectivity index (χ3v) is 5.60. The van der Waals surface area contributed by atoms with Crippen LogP contribution in [0, 0.1) is 18.3 Å². The monoisotopic (exact) mass is 426 g/mol. The zero-order valence-electron chi connectivity index (χ0n) is 18.2. The largest absolute Gasteiger partial charge is 0.368 e. The Morgan fingerprint density at radius 2 is 1.81 bits per heavy atom. The van der Waals surface area contributed by atoms with E-state index in [1.807, 2.05) is 55.5 Å². The Balaban J connectivity index is 1.30. The summed E-state index contributed by atoms with van der Waals surface area (Å²) in [6.45, 7) is 5.91. The smallest absolute Gasteiger partial charge is 0.229 e. The molecule has 4 rings (SSSR count). The molecule has 1 aromatic carbocycles. The van der Waals surface area contributed by atoms with Gasteiger partial charge in [-0.25, -0.2) is 4.98 Å². The van der Waals surface area contributed by atoms with Crippen molar-refractivity contribution >= 4 is 17.4 Å². The topological polar surface area (TPSA) is 85.2 Å². The summed E-state index contributed by atoms with van der Waals surface area (Å²) in [5, 5.41) is 11.7. The fraction of sp³-hybridized carbons (Fsp3) is 0.280. The van der Waals surface area contributed by atoms with Gasteiger partial charge in [0.25, 0.3) is 0 Å². The van der Waals surface area contributed by atoms with Gasteiger partial charge in [-0.1, -0.05) is 24.3 Å². The quantitative estimate of drug-likeness (QED) is 0.609. The molecule has 0 bridgehead atoms. The highest BCUT2D eigenvalue weighted by molar-refractivity contribution is 5.91. The lowest BCUT2D eigenvalue weighted by Gasteiger charge is -2.34. The molecular weight excluding hydrogens is 400 g/mol. The van der Waals surface area contributed by atoms with Gasteiger partial charge in [0.15, 0.2) is 0 Å². The normalized spacial score (nSPS) is 14.1. The lowest BCUT2D eigenvalue weighted by molar-refractivity contribution is -0.115. The molecule has 1 saturated heterocycles. The van der Waals surface area contributed by atoms with Gasteiger partial charge in [-0.3, -0.25) is 14.7 Å². The van der Waals surface area contributed by atoms with Crippen molar-refractivity contribution in [3.8, 4) is 17.2 Å². The molecule has 1 amide bonds. The first-order valence-corrected chi connectivity index (χ1v) is 10.7. The van der Waals surface area contributed by atoms with Crippen LogP contribution in [0.4, 0.5) is 11.5 Å². The van der Waals surface area contributed by atoms with Crippen LogP contribution in [-0.4, -0.2) is 53.5 Å². The number of carbonyl (C=O) groups is 1. The van der Waals surface area contributed by atoms with Crippen LogP contribution in [0.5, 0.6) is 0 Å². The Morgan fingerprint density at radius 3 is 2.47 bits per heavy atom. The van der Waals surface area contributed by atoms with Crippen molar-refractivity contribution in [2.45, 2.75) is 13.3 Å². The number of piperazine rings is 1. The molecule has 1 fully saturated rings. The molecular formula is C25H26N6O. The highest BCUT2D eigenvalue weighted by atomic mass is 16.1. The van der Waals surface area contributed by atoms with Crippen LogP contribution in [0.15, 0.2) is 60.9 Å². The number of nitrogens with zero attached hydrogens (tertiary/aromatic N) is 5. The second-order valence-electron chi connectivity index (χ2n) is 7.93. The van der Waals surface area contributed by atoms with Crippen molar-refractivity contribution in [2.75, 3.05) is 42.9 Å². The van der Waals surface area contributed by atoms with Gasteiger partial charge in [-0.15, -0.1) is 0 Å². The van der Waals surface area contributed by atoms with Gasteiger partial charge in [0.1, 0.15) is 5.82 Å². The summed E-state index contributed by atoms with van der Waals surface area (Å²) >= 11 is 0. The van der Waals surface area contributed by atoms with Crippen LogP contribution < -0.4 is 10.2 Å². The molecule has 0 unspecified atom stereocenters. The summed E-state index contributed by atoms with van der Waals surface area (Å²) < 4.78 is 0. The maximum Gasteiger partial charge on any atom is 0.229 e. The zero-order valence-corrected chi connectivity index (χ0v) is 18.2. The Labute approximate surface area is 188 Å². The molecule has 0 radical (unpaired) electrons. The van der Waals surface area contributed by atoms with Gasteiger partial charge in [0.05, 0.1) is 30.9 Å². The van der Waals surface area contributed by atoms with E-state index >= 15 is 0 Å². The summed E-state index contributed by atoms with van der Waals surface area (Å²) in [5.74, 6) is 0.452. The second kappa shape index (κ2) is 10.0. The first-order valence-electron chi connectivity index (χ1n) is 10.7. The van der Waals surface area contributed by atoms with Crippen LogP contribution in [0.25, 0.3) is 11.1 Å². The minimum absolute atomic E-state index is 0.0946. The molecule has 0 spiro atoms. The number of anilines is 2. The summed E-state index contributed by atoms with van der Waals surface area (Å²) in [6, 6.07) is 18.1. The molecule has 7 nitrogen and oxygen atoms in total. The van der Waals surface area contributed by atoms with Crippen LogP contribution in [0.2, 0.25) is 0 Å². The highest BCUT2D eigenvalue weighted by Gasteiger charge is 2.17. The minimum atomic E-state index is -0.0946. The van der Waals surface area contributed by atoms with Gasteiger partial charge in [0, 0.05) is 38.1 Å². The number of hydrogen-bond donors (Lipinski definition) is 1. The number of aryl methyl sites for hydroxylation is 1.